The van der Waals surface area contributed by atoms with Gasteiger partial charge in [-0.3, -0.25) is 0 Å². The Balaban J connectivity index is 1.97. The van der Waals surface area contributed by atoms with Gasteiger partial charge in [0, 0.05) is 12.6 Å². The first-order chi connectivity index (χ1) is 9.36. The Bertz CT molecular complexity index is 532. The zero-order valence-electron chi connectivity index (χ0n) is 11.9. The molecule has 2 unspecified atom stereocenters. The second-order valence-corrected chi connectivity index (χ2v) is 7.33. The van der Waals surface area contributed by atoms with Crippen LogP contribution in [0.1, 0.15) is 38.3 Å². The number of ether oxygens (including phenoxy) is 1. The van der Waals surface area contributed by atoms with E-state index in [4.69, 9.17) is 9.88 Å². The summed E-state index contributed by atoms with van der Waals surface area (Å²) in [6.07, 6.45) is 1.52. The van der Waals surface area contributed by atoms with Crippen molar-refractivity contribution in [1.29, 1.82) is 0 Å². The minimum atomic E-state index is -3.43. The smallest absolute Gasteiger partial charge is 0.213 e. The third-order valence-corrected chi connectivity index (χ3v) is 4.82. The van der Waals surface area contributed by atoms with Crippen molar-refractivity contribution in [2.45, 2.75) is 44.1 Å². The normalized spacial score (nSPS) is 23.8. The number of hydrogen-bond acceptors (Lipinski definition) is 4. The molecule has 0 spiro atoms. The number of nitrogens with one attached hydrogen (secondary N) is 1. The maximum absolute atomic E-state index is 11.3. The van der Waals surface area contributed by atoms with E-state index in [1.54, 1.807) is 0 Å². The Kier molecular flexibility index (Phi) is 4.67. The summed E-state index contributed by atoms with van der Waals surface area (Å²) in [5.41, 5.74) is 1.15. The molecular weight excluding hydrogens is 276 g/mol. The molecule has 1 aliphatic rings. The number of primary sulfonamides is 1. The van der Waals surface area contributed by atoms with Gasteiger partial charge in [-0.25, -0.2) is 13.6 Å². The van der Waals surface area contributed by atoms with E-state index in [1.807, 2.05) is 38.1 Å². The topological polar surface area (TPSA) is 81.4 Å². The molecule has 1 fully saturated rings. The molecule has 0 amide bonds. The quantitative estimate of drug-likeness (QED) is 0.884. The molecule has 1 aliphatic heterocycles. The zero-order valence-corrected chi connectivity index (χ0v) is 12.7. The van der Waals surface area contributed by atoms with Crippen molar-refractivity contribution in [3.8, 4) is 5.75 Å². The van der Waals surface area contributed by atoms with Gasteiger partial charge in [0.05, 0.1) is 11.4 Å². The summed E-state index contributed by atoms with van der Waals surface area (Å²) in [6, 6.07) is 8.12. The van der Waals surface area contributed by atoms with E-state index in [-0.39, 0.29) is 12.1 Å². The van der Waals surface area contributed by atoms with Crippen molar-refractivity contribution in [1.82, 2.24) is 5.32 Å². The molecule has 0 saturated carbocycles. The number of sulfonamides is 1. The summed E-state index contributed by atoms with van der Waals surface area (Å²) >= 11 is 0. The molecule has 0 bridgehead atoms. The van der Waals surface area contributed by atoms with Crippen LogP contribution in [0.3, 0.4) is 0 Å². The van der Waals surface area contributed by atoms with Gasteiger partial charge in [0.2, 0.25) is 10.0 Å². The standard InChI is InChI=1S/C14H22N2O3S/c1-10(2)19-12-5-3-11(4-6-12)14-8-7-13(9-16-14)20(15,17)18/h3-6,10,13-14,16H,7-9H2,1-2H3,(H2,15,17,18). The summed E-state index contributed by atoms with van der Waals surface area (Å²) in [5, 5.41) is 7.96. The van der Waals surface area contributed by atoms with Crippen molar-refractivity contribution in [3.05, 3.63) is 29.8 Å². The van der Waals surface area contributed by atoms with Gasteiger partial charge in [-0.05, 0) is 44.4 Å². The minimum Gasteiger partial charge on any atom is -0.491 e. The molecule has 3 N–H and O–H groups in total. The Morgan fingerprint density at radius 1 is 1.25 bits per heavy atom. The van der Waals surface area contributed by atoms with Gasteiger partial charge in [-0.1, -0.05) is 12.1 Å². The number of hydrogen-bond donors (Lipinski definition) is 2. The molecule has 1 saturated heterocycles. The first kappa shape index (κ1) is 15.3. The Hall–Kier alpha value is -1.11. The van der Waals surface area contributed by atoms with Gasteiger partial charge in [0.15, 0.2) is 0 Å². The fourth-order valence-corrected chi connectivity index (χ4v) is 3.24. The van der Waals surface area contributed by atoms with Gasteiger partial charge >= 0.3 is 0 Å². The third-order valence-electron chi connectivity index (χ3n) is 3.49. The molecule has 0 aliphatic carbocycles. The summed E-state index contributed by atoms with van der Waals surface area (Å²) in [5.74, 6) is 0.849. The maximum atomic E-state index is 11.3. The van der Waals surface area contributed by atoms with Crippen LogP contribution >= 0.6 is 0 Å². The molecule has 6 heteroatoms. The van der Waals surface area contributed by atoms with Crippen molar-refractivity contribution in [2.75, 3.05) is 6.54 Å². The molecule has 0 aromatic heterocycles. The van der Waals surface area contributed by atoms with E-state index in [0.717, 1.165) is 17.7 Å². The molecule has 0 radical (unpaired) electrons. The predicted octanol–water partition coefficient (Wildman–Crippen LogP) is 1.56. The van der Waals surface area contributed by atoms with E-state index in [2.05, 4.69) is 5.32 Å². The average Bonchev–Trinajstić information content (AvgIpc) is 2.38. The third kappa shape index (κ3) is 3.94. The van der Waals surface area contributed by atoms with E-state index < -0.39 is 15.3 Å². The number of benzene rings is 1. The van der Waals surface area contributed by atoms with Crippen LogP contribution in [0.15, 0.2) is 24.3 Å². The maximum Gasteiger partial charge on any atom is 0.213 e. The van der Waals surface area contributed by atoms with Gasteiger partial charge in [-0.15, -0.1) is 0 Å². The highest BCUT2D eigenvalue weighted by Gasteiger charge is 2.28. The number of nitrogens with two attached hydrogens (primary N) is 1. The Morgan fingerprint density at radius 3 is 2.35 bits per heavy atom. The van der Waals surface area contributed by atoms with Crippen molar-refractivity contribution in [3.63, 3.8) is 0 Å². The van der Waals surface area contributed by atoms with Gasteiger partial charge in [0.25, 0.3) is 0 Å². The molecular formula is C14H22N2O3S. The van der Waals surface area contributed by atoms with E-state index in [1.165, 1.54) is 0 Å². The molecule has 2 rings (SSSR count). The fourth-order valence-electron chi connectivity index (χ4n) is 2.45. The van der Waals surface area contributed by atoms with Crippen molar-refractivity contribution < 1.29 is 13.2 Å². The molecule has 1 heterocycles. The molecule has 2 atom stereocenters. The lowest BCUT2D eigenvalue weighted by atomic mass is 9.97. The van der Waals surface area contributed by atoms with Gasteiger partial charge < -0.3 is 10.1 Å². The van der Waals surface area contributed by atoms with E-state index >= 15 is 0 Å². The van der Waals surface area contributed by atoms with Gasteiger partial charge in [-0.2, -0.15) is 0 Å². The largest absolute Gasteiger partial charge is 0.491 e. The van der Waals surface area contributed by atoms with Crippen LogP contribution in [0, 0.1) is 0 Å². The first-order valence-electron chi connectivity index (χ1n) is 6.88. The van der Waals surface area contributed by atoms with Crippen LogP contribution in [0.2, 0.25) is 0 Å². The van der Waals surface area contributed by atoms with E-state index in [0.29, 0.717) is 13.0 Å². The summed E-state index contributed by atoms with van der Waals surface area (Å²) in [7, 11) is -3.43. The average molecular weight is 298 g/mol. The summed E-state index contributed by atoms with van der Waals surface area (Å²) < 4.78 is 28.2. The predicted molar refractivity (Wildman–Crippen MR) is 79.1 cm³/mol. The Morgan fingerprint density at radius 2 is 1.90 bits per heavy atom. The van der Waals surface area contributed by atoms with Crippen LogP contribution < -0.4 is 15.2 Å². The molecule has 5 nitrogen and oxygen atoms in total. The minimum absolute atomic E-state index is 0.157. The lowest BCUT2D eigenvalue weighted by molar-refractivity contribution is 0.242. The van der Waals surface area contributed by atoms with Crippen LogP contribution in [0.5, 0.6) is 5.75 Å². The second kappa shape index (κ2) is 6.11. The van der Waals surface area contributed by atoms with Crippen molar-refractivity contribution >= 4 is 10.0 Å². The highest BCUT2D eigenvalue weighted by atomic mass is 32.2. The molecule has 1 aromatic rings. The summed E-state index contributed by atoms with van der Waals surface area (Å²) in [6.45, 7) is 4.39. The lowest BCUT2D eigenvalue weighted by Gasteiger charge is -2.29. The highest BCUT2D eigenvalue weighted by molar-refractivity contribution is 7.89. The number of rotatable bonds is 4. The van der Waals surface area contributed by atoms with E-state index in [9.17, 15) is 8.42 Å². The first-order valence-corrected chi connectivity index (χ1v) is 8.49. The highest BCUT2D eigenvalue weighted by Crippen LogP contribution is 2.26. The summed E-state index contributed by atoms with van der Waals surface area (Å²) in [4.78, 5) is 0. The lowest BCUT2D eigenvalue weighted by Crippen LogP contribution is -2.43. The Labute approximate surface area is 120 Å². The molecule has 1 aromatic carbocycles. The van der Waals surface area contributed by atoms with Crippen LogP contribution in [0.25, 0.3) is 0 Å². The van der Waals surface area contributed by atoms with Gasteiger partial charge in [0.1, 0.15) is 5.75 Å². The molecule has 20 heavy (non-hydrogen) atoms. The fraction of sp³-hybridized carbons (Fsp3) is 0.571. The number of piperidine rings is 1. The monoisotopic (exact) mass is 298 g/mol. The van der Waals surface area contributed by atoms with Crippen LogP contribution in [-0.2, 0) is 10.0 Å². The second-order valence-electron chi connectivity index (χ2n) is 5.48. The van der Waals surface area contributed by atoms with Crippen LogP contribution in [0.4, 0.5) is 0 Å². The molecule has 112 valence electrons. The SMILES string of the molecule is CC(C)Oc1ccc(C2CCC(S(N)(=O)=O)CN2)cc1. The van der Waals surface area contributed by atoms with Crippen molar-refractivity contribution in [2.24, 2.45) is 5.14 Å². The van der Waals surface area contributed by atoms with Crippen LogP contribution in [-0.4, -0.2) is 26.3 Å². The zero-order chi connectivity index (χ0) is 14.8.